The maximum Gasteiger partial charge on any atom is 0.337 e. The van der Waals surface area contributed by atoms with Gasteiger partial charge >= 0.3 is 5.97 Å². The van der Waals surface area contributed by atoms with Crippen molar-refractivity contribution >= 4 is 16.9 Å². The Kier molecular flexibility index (Phi) is 3.92. The Morgan fingerprint density at radius 1 is 1.27 bits per heavy atom. The lowest BCUT2D eigenvalue weighted by Gasteiger charge is -2.15. The van der Waals surface area contributed by atoms with Gasteiger partial charge < -0.3 is 5.11 Å². The van der Waals surface area contributed by atoms with Gasteiger partial charge in [-0.25, -0.2) is 14.8 Å². The number of carbonyl (C=O) groups is 1. The average Bonchev–Trinajstić information content (AvgIpc) is 3.40. The van der Waals surface area contributed by atoms with Gasteiger partial charge in [0, 0.05) is 34.8 Å². The summed E-state index contributed by atoms with van der Waals surface area (Å²) in [6.45, 7) is 3.72. The minimum Gasteiger partial charge on any atom is -0.478 e. The Bertz CT molecular complexity index is 1050. The summed E-state index contributed by atoms with van der Waals surface area (Å²) in [5, 5.41) is 14.8. The fourth-order valence-electron chi connectivity index (χ4n) is 3.13. The van der Waals surface area contributed by atoms with E-state index in [1.807, 2.05) is 19.3 Å². The van der Waals surface area contributed by atoms with Crippen LogP contribution in [-0.4, -0.2) is 30.8 Å². The molecule has 0 saturated heterocycles. The zero-order chi connectivity index (χ0) is 18.3. The van der Waals surface area contributed by atoms with Crippen LogP contribution in [0.25, 0.3) is 10.9 Å². The Labute approximate surface area is 150 Å². The third kappa shape index (κ3) is 2.72. The molecule has 3 aromatic rings. The van der Waals surface area contributed by atoms with E-state index in [4.69, 9.17) is 0 Å². The molecule has 0 bridgehead atoms. The van der Waals surface area contributed by atoms with Crippen molar-refractivity contribution in [1.29, 1.82) is 0 Å². The molecular weight excluding hydrogens is 328 g/mol. The lowest BCUT2D eigenvalue weighted by Crippen LogP contribution is -2.12. The highest BCUT2D eigenvalue weighted by atomic mass is 16.4. The molecule has 130 valence electrons. The Balaban J connectivity index is 1.82. The predicted molar refractivity (Wildman–Crippen MR) is 97.1 cm³/mol. The van der Waals surface area contributed by atoms with E-state index in [0.717, 1.165) is 35.2 Å². The number of carboxylic acid groups (broad SMARTS) is 1. The molecule has 1 saturated carbocycles. The Morgan fingerprint density at radius 2 is 2.00 bits per heavy atom. The maximum absolute atomic E-state index is 11.7. The summed E-state index contributed by atoms with van der Waals surface area (Å²) < 4.78 is 1.72. The molecule has 1 aromatic carbocycles. The number of benzene rings is 1. The molecule has 0 amide bonds. The first-order valence-corrected chi connectivity index (χ1v) is 8.58. The molecule has 4 rings (SSSR count). The number of nitrogens with zero attached hydrogens (tertiary/aromatic N) is 4. The van der Waals surface area contributed by atoms with E-state index in [1.165, 1.54) is 0 Å². The summed E-state index contributed by atoms with van der Waals surface area (Å²) >= 11 is 0. The van der Waals surface area contributed by atoms with Gasteiger partial charge in [-0.3, -0.25) is 4.68 Å². The topological polar surface area (TPSA) is 80.9 Å². The molecule has 1 aliphatic rings. The third-order valence-corrected chi connectivity index (χ3v) is 4.73. The number of rotatable bonds is 4. The number of carboxylic acids is 1. The molecule has 2 heterocycles. The van der Waals surface area contributed by atoms with Gasteiger partial charge in [0.25, 0.3) is 0 Å². The van der Waals surface area contributed by atoms with E-state index < -0.39 is 5.97 Å². The fourth-order valence-corrected chi connectivity index (χ4v) is 3.13. The van der Waals surface area contributed by atoms with Gasteiger partial charge in [0.05, 0.1) is 23.3 Å². The summed E-state index contributed by atoms with van der Waals surface area (Å²) in [4.78, 5) is 20.6. The van der Waals surface area contributed by atoms with Crippen LogP contribution in [0.15, 0.2) is 30.7 Å². The first-order valence-electron chi connectivity index (χ1n) is 8.58. The van der Waals surface area contributed by atoms with E-state index >= 15 is 0 Å². The van der Waals surface area contributed by atoms with Crippen molar-refractivity contribution in [2.24, 2.45) is 0 Å². The highest BCUT2D eigenvalue weighted by Crippen LogP contribution is 2.38. The number of hydrogen-bond acceptors (Lipinski definition) is 4. The molecule has 1 unspecified atom stereocenters. The third-order valence-electron chi connectivity index (χ3n) is 4.73. The number of hydrogen-bond donors (Lipinski definition) is 1. The molecule has 0 radical (unpaired) electrons. The lowest BCUT2D eigenvalue weighted by atomic mass is 10.0. The summed E-state index contributed by atoms with van der Waals surface area (Å²) in [7, 11) is 0. The van der Waals surface area contributed by atoms with Crippen LogP contribution in [-0.2, 0) is 0 Å². The summed E-state index contributed by atoms with van der Waals surface area (Å²) in [5.74, 6) is 6.28. The largest absolute Gasteiger partial charge is 0.478 e. The van der Waals surface area contributed by atoms with E-state index in [2.05, 4.69) is 26.9 Å². The standard InChI is InChI=1S/C20H18N4O2/c1-3-4-13-7-8-16(20(25)26)18-17(13)11-23-24(18)12(2)15-9-21-19(22-10-15)14-5-6-14/h7-12,14H,5-6H2,1-2H3,(H,25,26). The van der Waals surface area contributed by atoms with E-state index in [9.17, 15) is 9.90 Å². The Hall–Kier alpha value is -3.20. The van der Waals surface area contributed by atoms with Crippen molar-refractivity contribution in [2.45, 2.75) is 38.6 Å². The molecule has 0 spiro atoms. The summed E-state index contributed by atoms with van der Waals surface area (Å²) in [6, 6.07) is 3.12. The van der Waals surface area contributed by atoms with Crippen LogP contribution in [0.4, 0.5) is 0 Å². The number of aromatic carboxylic acids is 1. The van der Waals surface area contributed by atoms with E-state index in [1.54, 1.807) is 29.9 Å². The van der Waals surface area contributed by atoms with Crippen molar-refractivity contribution in [3.05, 3.63) is 53.2 Å². The molecular formula is C20H18N4O2. The van der Waals surface area contributed by atoms with E-state index in [0.29, 0.717) is 11.4 Å². The SMILES string of the molecule is CC#Cc1ccc(C(=O)O)c2c1cnn2C(C)c1cnc(C2CC2)nc1. The van der Waals surface area contributed by atoms with Crippen LogP contribution in [0.2, 0.25) is 0 Å². The van der Waals surface area contributed by atoms with Crippen molar-refractivity contribution in [2.75, 3.05) is 0 Å². The van der Waals surface area contributed by atoms with Crippen molar-refractivity contribution in [3.8, 4) is 11.8 Å². The maximum atomic E-state index is 11.7. The van der Waals surface area contributed by atoms with Crippen molar-refractivity contribution < 1.29 is 9.90 Å². The second kappa shape index (κ2) is 6.26. The van der Waals surface area contributed by atoms with Gasteiger partial charge in [0.2, 0.25) is 0 Å². The average molecular weight is 346 g/mol. The van der Waals surface area contributed by atoms with Crippen LogP contribution < -0.4 is 0 Å². The quantitative estimate of drug-likeness (QED) is 0.733. The normalized spacial score (nSPS) is 14.7. The molecule has 0 aliphatic heterocycles. The molecule has 1 atom stereocenters. The smallest absolute Gasteiger partial charge is 0.337 e. The summed E-state index contributed by atoms with van der Waals surface area (Å²) in [6.07, 6.45) is 7.62. The Morgan fingerprint density at radius 3 is 2.62 bits per heavy atom. The highest BCUT2D eigenvalue weighted by molar-refractivity contribution is 6.03. The van der Waals surface area contributed by atoms with Crippen molar-refractivity contribution in [1.82, 2.24) is 19.7 Å². The highest BCUT2D eigenvalue weighted by Gasteiger charge is 2.27. The van der Waals surface area contributed by atoms with Gasteiger partial charge in [-0.2, -0.15) is 5.10 Å². The number of aromatic nitrogens is 4. The van der Waals surface area contributed by atoms with Gasteiger partial charge in [-0.1, -0.05) is 5.92 Å². The van der Waals surface area contributed by atoms with Gasteiger partial charge in [-0.15, -0.1) is 5.92 Å². The zero-order valence-corrected chi connectivity index (χ0v) is 14.6. The second-order valence-electron chi connectivity index (χ2n) is 6.52. The molecule has 6 nitrogen and oxygen atoms in total. The van der Waals surface area contributed by atoms with Crippen LogP contribution in [0, 0.1) is 11.8 Å². The van der Waals surface area contributed by atoms with Crippen molar-refractivity contribution in [3.63, 3.8) is 0 Å². The molecule has 2 aromatic heterocycles. The van der Waals surface area contributed by atoms with Gasteiger partial charge in [-0.05, 0) is 38.8 Å². The minimum atomic E-state index is -0.986. The van der Waals surface area contributed by atoms with Crippen LogP contribution in [0.3, 0.4) is 0 Å². The molecule has 6 heteroatoms. The molecule has 1 fully saturated rings. The lowest BCUT2D eigenvalue weighted by molar-refractivity contribution is 0.0698. The van der Waals surface area contributed by atoms with Crippen LogP contribution in [0.5, 0.6) is 0 Å². The molecule has 1 aliphatic carbocycles. The number of fused-ring (bicyclic) bond motifs is 1. The molecule has 1 N–H and O–H groups in total. The van der Waals surface area contributed by atoms with Crippen LogP contribution in [0.1, 0.15) is 66.0 Å². The minimum absolute atomic E-state index is 0.191. The van der Waals surface area contributed by atoms with Gasteiger partial charge in [0.15, 0.2) is 0 Å². The van der Waals surface area contributed by atoms with Crippen LogP contribution >= 0.6 is 0 Å². The first kappa shape index (κ1) is 16.3. The van der Waals surface area contributed by atoms with E-state index in [-0.39, 0.29) is 11.6 Å². The fraction of sp³-hybridized carbons (Fsp3) is 0.300. The monoisotopic (exact) mass is 346 g/mol. The predicted octanol–water partition coefficient (Wildman–Crippen LogP) is 3.38. The zero-order valence-electron chi connectivity index (χ0n) is 14.6. The first-order chi connectivity index (χ1) is 12.6. The summed E-state index contributed by atoms with van der Waals surface area (Å²) in [5.41, 5.74) is 2.44. The molecule has 26 heavy (non-hydrogen) atoms. The second-order valence-corrected chi connectivity index (χ2v) is 6.52. The van der Waals surface area contributed by atoms with Gasteiger partial charge in [0.1, 0.15) is 5.82 Å².